The number of anilines is 1. The maximum absolute atomic E-state index is 13.1. The third kappa shape index (κ3) is 2.72. The molecule has 7 heteroatoms. The normalized spacial score (nSPS) is 15.1. The zero-order chi connectivity index (χ0) is 16.6. The van der Waals surface area contributed by atoms with E-state index in [1.807, 2.05) is 24.3 Å². The number of carbonyl (C=O) groups excluding carboxylic acids is 1. The van der Waals surface area contributed by atoms with Crippen LogP contribution in [0.15, 0.2) is 41.4 Å². The molecule has 0 aliphatic carbocycles. The highest BCUT2D eigenvalue weighted by atomic mass is 32.2. The maximum atomic E-state index is 13.1. The summed E-state index contributed by atoms with van der Waals surface area (Å²) in [4.78, 5) is 11.5. The Bertz CT molecular complexity index is 855. The molecule has 0 fully saturated rings. The van der Waals surface area contributed by atoms with E-state index >= 15 is 0 Å². The predicted octanol–water partition coefficient (Wildman–Crippen LogP) is 1.66. The molecule has 1 aliphatic heterocycles. The van der Waals surface area contributed by atoms with Gasteiger partial charge in [0.25, 0.3) is 15.9 Å². The van der Waals surface area contributed by atoms with Gasteiger partial charge in [-0.25, -0.2) is 8.42 Å². The van der Waals surface area contributed by atoms with Crippen LogP contribution in [0.25, 0.3) is 0 Å². The minimum atomic E-state index is -3.73. The van der Waals surface area contributed by atoms with Gasteiger partial charge in [-0.15, -0.1) is 0 Å². The number of rotatable bonds is 3. The first-order valence-electron chi connectivity index (χ1n) is 7.48. The summed E-state index contributed by atoms with van der Waals surface area (Å²) in [6.07, 6.45) is 4.04. The number of fused-ring (bicyclic) bond motifs is 1. The number of hydrogen-bond acceptors (Lipinski definition) is 3. The third-order valence-electron chi connectivity index (χ3n) is 4.14. The van der Waals surface area contributed by atoms with Crippen molar-refractivity contribution in [2.24, 2.45) is 12.8 Å². The largest absolute Gasteiger partial charge is 0.364 e. The van der Waals surface area contributed by atoms with E-state index in [0.29, 0.717) is 6.54 Å². The second kappa shape index (κ2) is 5.73. The van der Waals surface area contributed by atoms with Crippen LogP contribution in [0.5, 0.6) is 0 Å². The summed E-state index contributed by atoms with van der Waals surface area (Å²) >= 11 is 0. The van der Waals surface area contributed by atoms with E-state index in [9.17, 15) is 13.2 Å². The second-order valence-corrected chi connectivity index (χ2v) is 7.56. The van der Waals surface area contributed by atoms with E-state index in [4.69, 9.17) is 5.73 Å². The van der Waals surface area contributed by atoms with E-state index in [2.05, 4.69) is 0 Å². The Morgan fingerprint density at radius 3 is 2.65 bits per heavy atom. The molecule has 1 aromatic heterocycles. The van der Waals surface area contributed by atoms with Crippen LogP contribution in [-0.2, 0) is 23.5 Å². The molecule has 0 radical (unpaired) electrons. The van der Waals surface area contributed by atoms with Gasteiger partial charge in [0, 0.05) is 19.8 Å². The van der Waals surface area contributed by atoms with Gasteiger partial charge in [0.1, 0.15) is 10.6 Å². The highest BCUT2D eigenvalue weighted by Crippen LogP contribution is 2.31. The molecule has 122 valence electrons. The van der Waals surface area contributed by atoms with Gasteiger partial charge in [0.15, 0.2) is 0 Å². The van der Waals surface area contributed by atoms with Gasteiger partial charge in [-0.3, -0.25) is 9.10 Å². The highest BCUT2D eigenvalue weighted by Gasteiger charge is 2.29. The van der Waals surface area contributed by atoms with Crippen molar-refractivity contribution >= 4 is 21.6 Å². The van der Waals surface area contributed by atoms with Crippen molar-refractivity contribution in [3.8, 4) is 0 Å². The summed E-state index contributed by atoms with van der Waals surface area (Å²) < 4.78 is 29.0. The van der Waals surface area contributed by atoms with Gasteiger partial charge in [0.2, 0.25) is 0 Å². The highest BCUT2D eigenvalue weighted by molar-refractivity contribution is 7.92. The van der Waals surface area contributed by atoms with Crippen LogP contribution in [0.1, 0.15) is 28.9 Å². The molecular formula is C16H19N3O3S. The number of sulfonamides is 1. The summed E-state index contributed by atoms with van der Waals surface area (Å²) in [7, 11) is -2.12. The zero-order valence-electron chi connectivity index (χ0n) is 12.9. The van der Waals surface area contributed by atoms with Crippen molar-refractivity contribution in [3.05, 3.63) is 47.8 Å². The van der Waals surface area contributed by atoms with Crippen LogP contribution in [0.2, 0.25) is 0 Å². The Morgan fingerprint density at radius 1 is 1.22 bits per heavy atom. The van der Waals surface area contributed by atoms with Crippen molar-refractivity contribution in [2.45, 2.75) is 24.2 Å². The average molecular weight is 333 g/mol. The van der Waals surface area contributed by atoms with Crippen LogP contribution in [0.4, 0.5) is 5.69 Å². The van der Waals surface area contributed by atoms with E-state index in [0.717, 1.165) is 30.5 Å². The fourth-order valence-corrected chi connectivity index (χ4v) is 4.57. The fourth-order valence-electron chi connectivity index (χ4n) is 2.95. The minimum Gasteiger partial charge on any atom is -0.364 e. The molecular weight excluding hydrogens is 314 g/mol. The van der Waals surface area contributed by atoms with Gasteiger partial charge >= 0.3 is 0 Å². The Hall–Kier alpha value is -2.28. The molecule has 1 aromatic carbocycles. The summed E-state index contributed by atoms with van der Waals surface area (Å²) in [5.41, 5.74) is 7.20. The number of benzene rings is 1. The summed E-state index contributed by atoms with van der Waals surface area (Å²) in [6.45, 7) is 0.431. The van der Waals surface area contributed by atoms with Crippen LogP contribution in [-0.4, -0.2) is 25.4 Å². The van der Waals surface area contributed by atoms with Gasteiger partial charge in [-0.1, -0.05) is 18.2 Å². The second-order valence-electron chi connectivity index (χ2n) is 5.70. The molecule has 0 bridgehead atoms. The molecule has 0 atom stereocenters. The molecule has 3 rings (SSSR count). The molecule has 2 N–H and O–H groups in total. The summed E-state index contributed by atoms with van der Waals surface area (Å²) in [6, 6.07) is 8.89. The third-order valence-corrected chi connectivity index (χ3v) is 5.92. The van der Waals surface area contributed by atoms with Crippen molar-refractivity contribution in [1.29, 1.82) is 0 Å². The van der Waals surface area contributed by atoms with E-state index in [1.54, 1.807) is 7.05 Å². The van der Waals surface area contributed by atoms with Crippen LogP contribution in [0.3, 0.4) is 0 Å². The Labute approximate surface area is 135 Å². The van der Waals surface area contributed by atoms with Crippen molar-refractivity contribution < 1.29 is 13.2 Å². The molecule has 2 aromatic rings. The van der Waals surface area contributed by atoms with Gasteiger partial charge in [-0.2, -0.15) is 0 Å². The predicted molar refractivity (Wildman–Crippen MR) is 87.8 cm³/mol. The molecule has 0 saturated heterocycles. The molecule has 0 unspecified atom stereocenters. The monoisotopic (exact) mass is 333 g/mol. The topological polar surface area (TPSA) is 85.4 Å². The van der Waals surface area contributed by atoms with Gasteiger partial charge in [0.05, 0.1) is 5.69 Å². The van der Waals surface area contributed by atoms with Crippen LogP contribution < -0.4 is 10.0 Å². The van der Waals surface area contributed by atoms with Crippen molar-refractivity contribution in [3.63, 3.8) is 0 Å². The maximum Gasteiger partial charge on any atom is 0.265 e. The number of nitrogens with zero attached hydrogens (tertiary/aromatic N) is 2. The first kappa shape index (κ1) is 15.6. The van der Waals surface area contributed by atoms with Gasteiger partial charge in [-0.05, 0) is 37.0 Å². The first-order valence-corrected chi connectivity index (χ1v) is 8.92. The van der Waals surface area contributed by atoms with Crippen molar-refractivity contribution in [2.75, 3.05) is 10.8 Å². The lowest BCUT2D eigenvalue weighted by molar-refractivity contribution is 0.0992. The zero-order valence-corrected chi connectivity index (χ0v) is 13.7. The molecule has 1 aliphatic rings. The molecule has 0 spiro atoms. The number of amides is 1. The summed E-state index contributed by atoms with van der Waals surface area (Å²) in [5.74, 6) is -0.648. The Kier molecular flexibility index (Phi) is 3.89. The standard InChI is InChI=1S/C16H19N3O3S/c1-18-11-13(10-15(18)16(17)20)23(21,22)19-9-5-4-7-12-6-2-3-8-14(12)19/h2-3,6,8,10-11H,4-5,7,9H2,1H3,(H2,17,20). The number of hydrogen-bond donors (Lipinski definition) is 1. The molecule has 2 heterocycles. The van der Waals surface area contributed by atoms with Gasteiger partial charge < -0.3 is 10.3 Å². The fraction of sp³-hybridized carbons (Fsp3) is 0.312. The number of primary amides is 1. The van der Waals surface area contributed by atoms with Crippen molar-refractivity contribution in [1.82, 2.24) is 4.57 Å². The number of aryl methyl sites for hydroxylation is 2. The Morgan fingerprint density at radius 2 is 1.96 bits per heavy atom. The van der Waals surface area contributed by atoms with Crippen LogP contribution >= 0.6 is 0 Å². The lowest BCUT2D eigenvalue weighted by Crippen LogP contribution is -2.31. The molecule has 23 heavy (non-hydrogen) atoms. The smallest absolute Gasteiger partial charge is 0.265 e. The lowest BCUT2D eigenvalue weighted by atomic mass is 10.1. The number of aromatic nitrogens is 1. The van der Waals surface area contributed by atoms with Crippen LogP contribution in [0, 0.1) is 0 Å². The Balaban J connectivity index is 2.09. The van der Waals surface area contributed by atoms with E-state index in [1.165, 1.54) is 21.1 Å². The SMILES string of the molecule is Cn1cc(S(=O)(=O)N2CCCCc3ccccc32)cc1C(N)=O. The lowest BCUT2D eigenvalue weighted by Gasteiger charge is -2.23. The molecule has 6 nitrogen and oxygen atoms in total. The number of carbonyl (C=O) groups is 1. The number of para-hydroxylation sites is 1. The molecule has 1 amide bonds. The number of nitrogens with two attached hydrogens (primary N) is 1. The first-order chi connectivity index (χ1) is 10.9. The quantitative estimate of drug-likeness (QED) is 0.927. The van der Waals surface area contributed by atoms with E-state index < -0.39 is 15.9 Å². The van der Waals surface area contributed by atoms with E-state index in [-0.39, 0.29) is 10.6 Å². The minimum absolute atomic E-state index is 0.0884. The summed E-state index contributed by atoms with van der Waals surface area (Å²) in [5, 5.41) is 0. The average Bonchev–Trinajstić information content (AvgIpc) is 2.78. The molecule has 0 saturated carbocycles.